The molecule has 0 spiro atoms. The number of para-hydroxylation sites is 1. The minimum Gasteiger partial charge on any atom is -0.496 e. The van der Waals surface area contributed by atoms with Gasteiger partial charge in [-0.1, -0.05) is 43.6 Å². The summed E-state index contributed by atoms with van der Waals surface area (Å²) in [4.78, 5) is 0. The lowest BCUT2D eigenvalue weighted by Crippen LogP contribution is -2.23. The number of rotatable bonds is 8. The van der Waals surface area contributed by atoms with Crippen molar-refractivity contribution in [2.75, 3.05) is 12.4 Å². The van der Waals surface area contributed by atoms with Crippen molar-refractivity contribution in [3.8, 4) is 11.5 Å². The highest BCUT2D eigenvalue weighted by molar-refractivity contribution is 7.80. The number of methoxy groups -OCH3 is 1. The van der Waals surface area contributed by atoms with Crippen molar-refractivity contribution in [3.63, 3.8) is 0 Å². The number of halogens is 1. The summed E-state index contributed by atoms with van der Waals surface area (Å²) in [6, 6.07) is 19.5. The predicted molar refractivity (Wildman–Crippen MR) is 141 cm³/mol. The number of ether oxygens (including phenoxy) is 2. The molecule has 0 bridgehead atoms. The Bertz CT molecular complexity index is 1130. The molecule has 3 rings (SSSR count). The summed E-state index contributed by atoms with van der Waals surface area (Å²) in [6.45, 7) is 6.57. The van der Waals surface area contributed by atoms with Gasteiger partial charge in [0.05, 0.1) is 13.3 Å². The Balaban J connectivity index is 1.69. The molecule has 0 saturated carbocycles. The van der Waals surface area contributed by atoms with Gasteiger partial charge in [0.15, 0.2) is 5.11 Å². The third-order valence-corrected chi connectivity index (χ3v) is 5.61. The first-order chi connectivity index (χ1) is 15.9. The van der Waals surface area contributed by atoms with E-state index in [1.54, 1.807) is 13.3 Å². The molecule has 3 aromatic carbocycles. The van der Waals surface area contributed by atoms with Crippen molar-refractivity contribution in [3.05, 3.63) is 87.9 Å². The molecule has 33 heavy (non-hydrogen) atoms. The van der Waals surface area contributed by atoms with Gasteiger partial charge in [-0.25, -0.2) is 0 Å². The van der Waals surface area contributed by atoms with Crippen LogP contribution in [0, 0.1) is 6.92 Å². The van der Waals surface area contributed by atoms with Crippen LogP contribution in [-0.2, 0) is 6.61 Å². The Hall–Kier alpha value is -3.09. The van der Waals surface area contributed by atoms with Crippen molar-refractivity contribution in [2.24, 2.45) is 5.10 Å². The molecule has 0 unspecified atom stereocenters. The summed E-state index contributed by atoms with van der Waals surface area (Å²) < 4.78 is 11.7. The monoisotopic (exact) mass is 481 g/mol. The lowest BCUT2D eigenvalue weighted by molar-refractivity contribution is 0.292. The molecule has 2 N–H and O–H groups in total. The molecule has 3 aromatic rings. The van der Waals surface area contributed by atoms with Gasteiger partial charge in [0, 0.05) is 16.3 Å². The van der Waals surface area contributed by atoms with Crippen molar-refractivity contribution in [1.82, 2.24) is 5.43 Å². The molecular weight excluding hydrogens is 454 g/mol. The minimum absolute atomic E-state index is 0.290. The van der Waals surface area contributed by atoms with E-state index in [4.69, 9.17) is 33.3 Å². The highest BCUT2D eigenvalue weighted by Crippen LogP contribution is 2.33. The van der Waals surface area contributed by atoms with E-state index in [0.29, 0.717) is 11.7 Å². The van der Waals surface area contributed by atoms with Crippen LogP contribution in [0.15, 0.2) is 65.8 Å². The fourth-order valence-corrected chi connectivity index (χ4v) is 3.58. The summed E-state index contributed by atoms with van der Waals surface area (Å²) in [7, 11) is 1.65. The summed E-state index contributed by atoms with van der Waals surface area (Å²) in [5.41, 5.74) is 7.58. The number of nitrogens with zero attached hydrogens (tertiary/aromatic N) is 1. The largest absolute Gasteiger partial charge is 0.496 e. The van der Waals surface area contributed by atoms with Crippen LogP contribution in [0.1, 0.15) is 42.0 Å². The first-order valence-electron chi connectivity index (χ1n) is 10.6. The Morgan fingerprint density at radius 2 is 1.85 bits per heavy atom. The van der Waals surface area contributed by atoms with Crippen LogP contribution in [0.2, 0.25) is 5.02 Å². The van der Waals surface area contributed by atoms with E-state index < -0.39 is 0 Å². The standard InChI is InChI=1S/C26H28ClN3O2S/c1-17(2)22-14-23(27)18(3)12-25(22)32-16-20-13-19(10-11-24(20)31-4)15-28-30-26(33)29-21-8-6-5-7-9-21/h5-15,17H,16H2,1-4H3,(H2,29,30,33). The van der Waals surface area contributed by atoms with Crippen molar-refractivity contribution >= 4 is 40.8 Å². The number of hydrogen-bond donors (Lipinski definition) is 2. The van der Waals surface area contributed by atoms with Gasteiger partial charge in [0.25, 0.3) is 0 Å². The number of hydrogen-bond acceptors (Lipinski definition) is 4. The molecule has 0 heterocycles. The van der Waals surface area contributed by atoms with Crippen LogP contribution in [0.4, 0.5) is 5.69 Å². The molecule has 0 amide bonds. The number of anilines is 1. The van der Waals surface area contributed by atoms with Gasteiger partial charge in [-0.05, 0) is 84.2 Å². The van der Waals surface area contributed by atoms with E-state index in [2.05, 4.69) is 29.7 Å². The molecule has 0 aliphatic heterocycles. The van der Waals surface area contributed by atoms with Crippen LogP contribution in [0.3, 0.4) is 0 Å². The lowest BCUT2D eigenvalue weighted by Gasteiger charge is -2.17. The maximum Gasteiger partial charge on any atom is 0.191 e. The van der Waals surface area contributed by atoms with E-state index in [1.165, 1.54) is 0 Å². The second-order valence-electron chi connectivity index (χ2n) is 7.84. The fourth-order valence-electron chi connectivity index (χ4n) is 3.24. The van der Waals surface area contributed by atoms with Crippen molar-refractivity contribution in [1.29, 1.82) is 0 Å². The number of aryl methyl sites for hydroxylation is 1. The molecule has 0 aromatic heterocycles. The second-order valence-corrected chi connectivity index (χ2v) is 8.66. The van der Waals surface area contributed by atoms with Gasteiger partial charge in [-0.2, -0.15) is 5.10 Å². The molecule has 0 radical (unpaired) electrons. The van der Waals surface area contributed by atoms with Gasteiger partial charge in [0.2, 0.25) is 0 Å². The third-order valence-electron chi connectivity index (χ3n) is 5.01. The average Bonchev–Trinajstić information content (AvgIpc) is 2.80. The van der Waals surface area contributed by atoms with Gasteiger partial charge >= 0.3 is 0 Å². The Kier molecular flexibility index (Phi) is 8.69. The SMILES string of the molecule is COc1ccc(C=NNC(=S)Nc2ccccc2)cc1COc1cc(C)c(Cl)cc1C(C)C. The van der Waals surface area contributed by atoms with Crippen molar-refractivity contribution < 1.29 is 9.47 Å². The van der Waals surface area contributed by atoms with Gasteiger partial charge in [-0.15, -0.1) is 0 Å². The molecule has 0 saturated heterocycles. The number of hydrazone groups is 1. The Morgan fingerprint density at radius 3 is 2.55 bits per heavy atom. The Morgan fingerprint density at radius 1 is 1.09 bits per heavy atom. The van der Waals surface area contributed by atoms with Gasteiger partial charge < -0.3 is 14.8 Å². The summed E-state index contributed by atoms with van der Waals surface area (Å²) in [5, 5.41) is 8.47. The smallest absolute Gasteiger partial charge is 0.191 e. The van der Waals surface area contributed by atoms with Crippen LogP contribution in [-0.4, -0.2) is 18.4 Å². The quantitative estimate of drug-likeness (QED) is 0.213. The highest BCUT2D eigenvalue weighted by Gasteiger charge is 2.13. The maximum absolute atomic E-state index is 6.32. The fraction of sp³-hybridized carbons (Fsp3) is 0.231. The maximum atomic E-state index is 6.32. The topological polar surface area (TPSA) is 54.9 Å². The van der Waals surface area contributed by atoms with Gasteiger partial charge in [0.1, 0.15) is 18.1 Å². The van der Waals surface area contributed by atoms with Crippen LogP contribution in [0.25, 0.3) is 0 Å². The zero-order valence-electron chi connectivity index (χ0n) is 19.2. The van der Waals surface area contributed by atoms with E-state index in [0.717, 1.165) is 44.5 Å². The minimum atomic E-state index is 0.290. The predicted octanol–water partition coefficient (Wildman–Crippen LogP) is 6.68. The summed E-state index contributed by atoms with van der Waals surface area (Å²) in [6.07, 6.45) is 1.70. The van der Waals surface area contributed by atoms with Crippen LogP contribution >= 0.6 is 23.8 Å². The molecule has 7 heteroatoms. The molecule has 0 fully saturated rings. The number of nitrogens with one attached hydrogen (secondary N) is 2. The molecule has 0 aliphatic carbocycles. The van der Waals surface area contributed by atoms with Gasteiger partial charge in [-0.3, -0.25) is 5.43 Å². The number of benzene rings is 3. The average molecular weight is 482 g/mol. The molecule has 0 atom stereocenters. The van der Waals surface area contributed by atoms with Crippen molar-refractivity contribution in [2.45, 2.75) is 33.3 Å². The second kappa shape index (κ2) is 11.7. The number of thiocarbonyl (C=S) groups is 1. The highest BCUT2D eigenvalue weighted by atomic mass is 35.5. The first-order valence-corrected chi connectivity index (χ1v) is 11.4. The van der Waals surface area contributed by atoms with E-state index in [-0.39, 0.29) is 5.92 Å². The lowest BCUT2D eigenvalue weighted by atomic mass is 10.0. The molecule has 5 nitrogen and oxygen atoms in total. The Labute approximate surface area is 205 Å². The molecule has 0 aliphatic rings. The van der Waals surface area contributed by atoms with Crippen LogP contribution < -0.4 is 20.2 Å². The summed E-state index contributed by atoms with van der Waals surface area (Å²) >= 11 is 11.6. The van der Waals surface area contributed by atoms with E-state index >= 15 is 0 Å². The first kappa shape index (κ1) is 24.6. The zero-order chi connectivity index (χ0) is 23.8. The summed E-state index contributed by atoms with van der Waals surface area (Å²) in [5.74, 6) is 1.86. The van der Waals surface area contributed by atoms with E-state index in [1.807, 2.05) is 67.6 Å². The normalized spacial score (nSPS) is 11.0. The van der Waals surface area contributed by atoms with Crippen LogP contribution in [0.5, 0.6) is 11.5 Å². The third kappa shape index (κ3) is 6.94. The zero-order valence-corrected chi connectivity index (χ0v) is 20.8. The molecule has 172 valence electrons. The van der Waals surface area contributed by atoms with E-state index in [9.17, 15) is 0 Å². The molecular formula is C26H28ClN3O2S.